The van der Waals surface area contributed by atoms with Crippen LogP contribution in [0.4, 0.5) is 5.69 Å². The molecule has 2 aromatic carbocycles. The van der Waals surface area contributed by atoms with Crippen LogP contribution in [0.15, 0.2) is 42.5 Å². The fourth-order valence-electron chi connectivity index (χ4n) is 2.41. The number of nitrogens with zero attached hydrogens (tertiary/aromatic N) is 1. The molecule has 0 atom stereocenters. The van der Waals surface area contributed by atoms with E-state index in [4.69, 9.17) is 4.74 Å². The van der Waals surface area contributed by atoms with E-state index in [-0.39, 0.29) is 5.91 Å². The lowest BCUT2D eigenvalue weighted by Crippen LogP contribution is -2.26. The number of amides is 1. The smallest absolute Gasteiger partial charge is 0.253 e. The number of benzene rings is 2. The Morgan fingerprint density at radius 1 is 1.16 bits per heavy atom. The second kappa shape index (κ2) is 7.57. The van der Waals surface area contributed by atoms with Crippen LogP contribution < -0.4 is 9.46 Å². The Bertz CT molecular complexity index is 861. The van der Waals surface area contributed by atoms with Gasteiger partial charge in [-0.15, -0.1) is 0 Å². The van der Waals surface area contributed by atoms with Gasteiger partial charge in [-0.2, -0.15) is 0 Å². The number of nitrogens with one attached hydrogen (secondary N) is 1. The van der Waals surface area contributed by atoms with E-state index in [0.717, 1.165) is 17.6 Å². The first kappa shape index (κ1) is 18.8. The molecule has 0 aliphatic carbocycles. The van der Waals surface area contributed by atoms with Crippen molar-refractivity contribution in [3.8, 4) is 5.75 Å². The number of carbonyl (C=O) groups excluding carboxylic acids is 1. The molecule has 7 heteroatoms. The predicted molar refractivity (Wildman–Crippen MR) is 98.4 cm³/mol. The molecule has 6 nitrogen and oxygen atoms in total. The fraction of sp³-hybridized carbons (Fsp3) is 0.278. The molecule has 0 saturated carbocycles. The van der Waals surface area contributed by atoms with E-state index in [2.05, 4.69) is 4.72 Å². The maximum Gasteiger partial charge on any atom is 0.253 e. The summed E-state index contributed by atoms with van der Waals surface area (Å²) in [5, 5.41) is 0. The van der Waals surface area contributed by atoms with E-state index in [9.17, 15) is 13.2 Å². The van der Waals surface area contributed by atoms with Gasteiger partial charge in [-0.05, 0) is 48.4 Å². The summed E-state index contributed by atoms with van der Waals surface area (Å²) in [5.41, 5.74) is 2.65. The van der Waals surface area contributed by atoms with Gasteiger partial charge in [0, 0.05) is 19.2 Å². The highest BCUT2D eigenvalue weighted by atomic mass is 32.2. The van der Waals surface area contributed by atoms with Crippen LogP contribution in [-0.4, -0.2) is 39.6 Å². The Labute approximate surface area is 148 Å². The monoisotopic (exact) mass is 362 g/mol. The molecule has 134 valence electrons. The van der Waals surface area contributed by atoms with Crippen molar-refractivity contribution < 1.29 is 17.9 Å². The van der Waals surface area contributed by atoms with Crippen molar-refractivity contribution in [2.45, 2.75) is 13.5 Å². The average molecular weight is 362 g/mol. The lowest BCUT2D eigenvalue weighted by atomic mass is 10.1. The number of hydrogen-bond acceptors (Lipinski definition) is 4. The number of rotatable bonds is 6. The highest BCUT2D eigenvalue weighted by Gasteiger charge is 2.14. The Morgan fingerprint density at radius 2 is 1.80 bits per heavy atom. The third-order valence-electron chi connectivity index (χ3n) is 3.69. The van der Waals surface area contributed by atoms with Gasteiger partial charge in [0.15, 0.2) is 0 Å². The third kappa shape index (κ3) is 5.22. The number of hydrogen-bond donors (Lipinski definition) is 1. The summed E-state index contributed by atoms with van der Waals surface area (Å²) in [6, 6.07) is 12.4. The van der Waals surface area contributed by atoms with Crippen LogP contribution >= 0.6 is 0 Å². The van der Waals surface area contributed by atoms with Gasteiger partial charge < -0.3 is 9.64 Å². The zero-order valence-electron chi connectivity index (χ0n) is 14.7. The standard InChI is InChI=1S/C18H22N2O4S/c1-13-11-15(7-10-17(13)19-25(4,22)23)18(21)20(2)12-14-5-8-16(24-3)9-6-14/h5-11,19H,12H2,1-4H3. The molecular weight excluding hydrogens is 340 g/mol. The molecule has 0 unspecified atom stereocenters. The van der Waals surface area contributed by atoms with E-state index in [0.29, 0.717) is 23.4 Å². The Balaban J connectivity index is 2.11. The second-order valence-corrected chi connectivity index (χ2v) is 7.66. The van der Waals surface area contributed by atoms with Crippen LogP contribution in [0.5, 0.6) is 5.75 Å². The van der Waals surface area contributed by atoms with Gasteiger partial charge in [0.05, 0.1) is 19.1 Å². The van der Waals surface area contributed by atoms with Crippen molar-refractivity contribution in [3.05, 3.63) is 59.2 Å². The zero-order valence-corrected chi connectivity index (χ0v) is 15.6. The van der Waals surface area contributed by atoms with Crippen LogP contribution in [0.2, 0.25) is 0 Å². The highest BCUT2D eigenvalue weighted by Crippen LogP contribution is 2.19. The zero-order chi connectivity index (χ0) is 18.6. The van der Waals surface area contributed by atoms with Crippen molar-refractivity contribution in [2.75, 3.05) is 25.1 Å². The first-order valence-corrected chi connectivity index (χ1v) is 9.55. The van der Waals surface area contributed by atoms with E-state index in [1.54, 1.807) is 44.2 Å². The molecule has 0 aromatic heterocycles. The van der Waals surface area contributed by atoms with Crippen LogP contribution in [-0.2, 0) is 16.6 Å². The summed E-state index contributed by atoms with van der Waals surface area (Å²) in [7, 11) is -0.0180. The number of sulfonamides is 1. The molecule has 2 aromatic rings. The lowest BCUT2D eigenvalue weighted by Gasteiger charge is -2.18. The second-order valence-electron chi connectivity index (χ2n) is 5.91. The van der Waals surface area contributed by atoms with E-state index >= 15 is 0 Å². The molecular formula is C18H22N2O4S. The fourth-order valence-corrected chi connectivity index (χ4v) is 3.04. The summed E-state index contributed by atoms with van der Waals surface area (Å²) in [4.78, 5) is 14.2. The van der Waals surface area contributed by atoms with Gasteiger partial charge >= 0.3 is 0 Å². The summed E-state index contributed by atoms with van der Waals surface area (Å²) in [5.74, 6) is 0.632. The minimum atomic E-state index is -3.35. The highest BCUT2D eigenvalue weighted by molar-refractivity contribution is 7.92. The van der Waals surface area contributed by atoms with Gasteiger partial charge in [0.2, 0.25) is 10.0 Å². The van der Waals surface area contributed by atoms with Crippen LogP contribution in [0.1, 0.15) is 21.5 Å². The number of carbonyl (C=O) groups is 1. The molecule has 0 heterocycles. The molecule has 0 aliphatic heterocycles. The van der Waals surface area contributed by atoms with Gasteiger partial charge in [-0.3, -0.25) is 9.52 Å². The Hall–Kier alpha value is -2.54. The summed E-state index contributed by atoms with van der Waals surface area (Å²) in [6.07, 6.45) is 1.09. The van der Waals surface area contributed by atoms with Gasteiger partial charge in [0.1, 0.15) is 5.75 Å². The maximum absolute atomic E-state index is 12.6. The first-order chi connectivity index (χ1) is 11.7. The summed E-state index contributed by atoms with van der Waals surface area (Å²) >= 11 is 0. The van der Waals surface area contributed by atoms with E-state index in [1.807, 2.05) is 24.3 Å². The van der Waals surface area contributed by atoms with Crippen LogP contribution in [0.3, 0.4) is 0 Å². The number of ether oxygens (including phenoxy) is 1. The predicted octanol–water partition coefficient (Wildman–Crippen LogP) is 2.65. The largest absolute Gasteiger partial charge is 0.497 e. The molecule has 0 spiro atoms. The minimum absolute atomic E-state index is 0.134. The van der Waals surface area contributed by atoms with Crippen LogP contribution in [0.25, 0.3) is 0 Å². The molecule has 25 heavy (non-hydrogen) atoms. The number of methoxy groups -OCH3 is 1. The van der Waals surface area contributed by atoms with Crippen molar-refractivity contribution in [1.82, 2.24) is 4.90 Å². The Kier molecular flexibility index (Phi) is 5.69. The normalized spacial score (nSPS) is 11.0. The Morgan fingerprint density at radius 3 is 2.32 bits per heavy atom. The molecule has 1 N–H and O–H groups in total. The van der Waals surface area contributed by atoms with Crippen LogP contribution in [0, 0.1) is 6.92 Å². The SMILES string of the molecule is COc1ccc(CN(C)C(=O)c2ccc(NS(C)(=O)=O)c(C)c2)cc1. The molecule has 0 saturated heterocycles. The lowest BCUT2D eigenvalue weighted by molar-refractivity contribution is 0.0785. The molecule has 0 radical (unpaired) electrons. The molecule has 2 rings (SSSR count). The van der Waals surface area contributed by atoms with Gasteiger partial charge in [-0.25, -0.2) is 8.42 Å². The summed E-state index contributed by atoms with van der Waals surface area (Å²) in [6.45, 7) is 2.22. The van der Waals surface area contributed by atoms with Crippen molar-refractivity contribution in [3.63, 3.8) is 0 Å². The average Bonchev–Trinajstić information content (AvgIpc) is 2.55. The number of anilines is 1. The molecule has 1 amide bonds. The number of aryl methyl sites for hydroxylation is 1. The topological polar surface area (TPSA) is 75.7 Å². The quantitative estimate of drug-likeness (QED) is 0.857. The maximum atomic E-state index is 12.6. The van der Waals surface area contributed by atoms with Gasteiger partial charge in [-0.1, -0.05) is 12.1 Å². The van der Waals surface area contributed by atoms with E-state index < -0.39 is 10.0 Å². The minimum Gasteiger partial charge on any atom is -0.497 e. The van der Waals surface area contributed by atoms with Crippen molar-refractivity contribution >= 4 is 21.6 Å². The molecule has 0 fully saturated rings. The third-order valence-corrected chi connectivity index (χ3v) is 4.28. The summed E-state index contributed by atoms with van der Waals surface area (Å²) < 4.78 is 30.2. The van der Waals surface area contributed by atoms with Crippen molar-refractivity contribution in [1.29, 1.82) is 0 Å². The molecule has 0 bridgehead atoms. The molecule has 0 aliphatic rings. The first-order valence-electron chi connectivity index (χ1n) is 7.66. The van der Waals surface area contributed by atoms with Crippen molar-refractivity contribution in [2.24, 2.45) is 0 Å². The van der Waals surface area contributed by atoms with E-state index in [1.165, 1.54) is 0 Å². The van der Waals surface area contributed by atoms with Gasteiger partial charge in [0.25, 0.3) is 5.91 Å².